The van der Waals surface area contributed by atoms with Gasteiger partial charge in [0.2, 0.25) is 0 Å². The van der Waals surface area contributed by atoms with Crippen molar-refractivity contribution in [3.8, 4) is 50.3 Å². The molecular formula is C47H30N2S. The monoisotopic (exact) mass is 654 g/mol. The summed E-state index contributed by atoms with van der Waals surface area (Å²) in [7, 11) is 0. The van der Waals surface area contributed by atoms with Crippen LogP contribution in [0.3, 0.4) is 0 Å². The average molecular weight is 655 g/mol. The number of rotatable bonds is 5. The van der Waals surface area contributed by atoms with Gasteiger partial charge in [0.05, 0.1) is 16.7 Å². The Labute approximate surface area is 294 Å². The zero-order valence-electron chi connectivity index (χ0n) is 27.1. The summed E-state index contributed by atoms with van der Waals surface area (Å²) in [5.41, 5.74) is 12.6. The van der Waals surface area contributed by atoms with Gasteiger partial charge in [-0.25, -0.2) is 0 Å². The normalized spacial score (nSPS) is 11.6. The standard InChI is InChI=1S/C47H30N2S/c1-4-12-31(13-5-1)34-20-23-38-41-26-35(47-40(33-16-8-3-9-17-33)27-36(30-48-47)32-14-6-2-7-15-32)21-24-43(41)49(44(38)28-34)37-22-25-46-42(29-37)39-18-10-11-19-45(39)50-46/h1-30H. The summed E-state index contributed by atoms with van der Waals surface area (Å²) in [6.45, 7) is 0. The molecule has 3 heterocycles. The highest BCUT2D eigenvalue weighted by Crippen LogP contribution is 2.41. The van der Waals surface area contributed by atoms with Crippen molar-refractivity contribution in [3.63, 3.8) is 0 Å². The van der Waals surface area contributed by atoms with Crippen molar-refractivity contribution in [2.24, 2.45) is 0 Å². The van der Waals surface area contributed by atoms with Gasteiger partial charge in [-0.3, -0.25) is 4.98 Å². The SMILES string of the molecule is c1ccc(-c2cnc(-c3ccc4c(c3)c3ccc(-c5ccccc5)cc3n4-c3ccc4sc5ccccc5c4c3)c(-c3ccccc3)c2)cc1. The van der Waals surface area contributed by atoms with Crippen LogP contribution in [0.25, 0.3) is 92.3 Å². The van der Waals surface area contributed by atoms with E-state index in [0.717, 1.165) is 39.2 Å². The molecule has 3 aromatic heterocycles. The van der Waals surface area contributed by atoms with E-state index in [1.165, 1.54) is 53.1 Å². The molecule has 0 fully saturated rings. The zero-order chi connectivity index (χ0) is 33.0. The molecule has 0 aliphatic rings. The number of hydrogen-bond acceptors (Lipinski definition) is 2. The fraction of sp³-hybridized carbons (Fsp3) is 0. The molecule has 0 saturated carbocycles. The molecule has 0 saturated heterocycles. The Morgan fingerprint density at radius 3 is 1.82 bits per heavy atom. The minimum absolute atomic E-state index is 0.978. The van der Waals surface area contributed by atoms with Gasteiger partial charge in [-0.15, -0.1) is 11.3 Å². The molecule has 0 spiro atoms. The van der Waals surface area contributed by atoms with E-state index in [0.29, 0.717) is 0 Å². The summed E-state index contributed by atoms with van der Waals surface area (Å²) in [4.78, 5) is 5.16. The van der Waals surface area contributed by atoms with Crippen LogP contribution in [0.2, 0.25) is 0 Å². The minimum atomic E-state index is 0.978. The summed E-state index contributed by atoms with van der Waals surface area (Å²) in [5.74, 6) is 0. The fourth-order valence-corrected chi connectivity index (χ4v) is 8.52. The molecule has 10 aromatic rings. The second-order valence-corrected chi connectivity index (χ2v) is 13.9. The summed E-state index contributed by atoms with van der Waals surface area (Å²) in [6.07, 6.45) is 2.01. The average Bonchev–Trinajstić information content (AvgIpc) is 3.73. The number of fused-ring (bicyclic) bond motifs is 6. The van der Waals surface area contributed by atoms with E-state index in [1.807, 2.05) is 17.5 Å². The van der Waals surface area contributed by atoms with Gasteiger partial charge < -0.3 is 4.57 Å². The van der Waals surface area contributed by atoms with Crippen molar-refractivity contribution in [2.75, 3.05) is 0 Å². The molecular weight excluding hydrogens is 625 g/mol. The van der Waals surface area contributed by atoms with Gasteiger partial charge in [0.25, 0.3) is 0 Å². The molecule has 7 aromatic carbocycles. The van der Waals surface area contributed by atoms with E-state index in [4.69, 9.17) is 4.98 Å². The lowest BCUT2D eigenvalue weighted by Gasteiger charge is -2.13. The fourth-order valence-electron chi connectivity index (χ4n) is 7.43. The lowest BCUT2D eigenvalue weighted by molar-refractivity contribution is 1.19. The molecule has 0 N–H and O–H groups in total. The third-order valence-corrected chi connectivity index (χ3v) is 11.0. The Morgan fingerprint density at radius 1 is 0.380 bits per heavy atom. The van der Waals surface area contributed by atoms with Crippen molar-refractivity contribution < 1.29 is 0 Å². The Morgan fingerprint density at radius 2 is 1.04 bits per heavy atom. The van der Waals surface area contributed by atoms with Gasteiger partial charge in [-0.05, 0) is 70.8 Å². The highest BCUT2D eigenvalue weighted by Gasteiger charge is 2.18. The third kappa shape index (κ3) is 4.74. The molecule has 0 unspecified atom stereocenters. The van der Waals surface area contributed by atoms with Crippen LogP contribution in [0.5, 0.6) is 0 Å². The topological polar surface area (TPSA) is 17.8 Å². The number of nitrogens with zero attached hydrogens (tertiary/aromatic N) is 2. The van der Waals surface area contributed by atoms with Gasteiger partial charge in [0, 0.05) is 59.5 Å². The maximum Gasteiger partial charge on any atom is 0.0780 e. The van der Waals surface area contributed by atoms with E-state index >= 15 is 0 Å². The van der Waals surface area contributed by atoms with Crippen LogP contribution >= 0.6 is 11.3 Å². The van der Waals surface area contributed by atoms with Crippen molar-refractivity contribution in [2.45, 2.75) is 0 Å². The van der Waals surface area contributed by atoms with Crippen LogP contribution in [0, 0.1) is 0 Å². The van der Waals surface area contributed by atoms with Crippen LogP contribution in [0.4, 0.5) is 0 Å². The lowest BCUT2D eigenvalue weighted by atomic mass is 9.95. The maximum absolute atomic E-state index is 5.16. The summed E-state index contributed by atoms with van der Waals surface area (Å²) >= 11 is 1.86. The summed E-state index contributed by atoms with van der Waals surface area (Å²) in [5, 5.41) is 5.03. The van der Waals surface area contributed by atoms with E-state index in [2.05, 4.69) is 180 Å². The van der Waals surface area contributed by atoms with Crippen molar-refractivity contribution in [3.05, 3.63) is 182 Å². The molecule has 0 aliphatic heterocycles. The first-order chi connectivity index (χ1) is 24.8. The smallest absolute Gasteiger partial charge is 0.0780 e. The molecule has 0 bridgehead atoms. The first-order valence-corrected chi connectivity index (χ1v) is 17.8. The molecule has 0 radical (unpaired) electrons. The lowest BCUT2D eigenvalue weighted by Crippen LogP contribution is -1.94. The number of thiophene rings is 1. The summed E-state index contributed by atoms with van der Waals surface area (Å²) in [6, 6.07) is 63.5. The van der Waals surface area contributed by atoms with Crippen LogP contribution in [0.1, 0.15) is 0 Å². The molecule has 234 valence electrons. The predicted molar refractivity (Wildman–Crippen MR) is 213 cm³/mol. The Kier molecular flexibility index (Phi) is 6.71. The van der Waals surface area contributed by atoms with Crippen molar-refractivity contribution in [1.29, 1.82) is 0 Å². The molecule has 2 nitrogen and oxygen atoms in total. The van der Waals surface area contributed by atoms with E-state index in [1.54, 1.807) is 0 Å². The van der Waals surface area contributed by atoms with Gasteiger partial charge >= 0.3 is 0 Å². The number of pyridine rings is 1. The second kappa shape index (κ2) is 11.7. The third-order valence-electron chi connectivity index (χ3n) is 9.84. The molecule has 0 atom stereocenters. The van der Waals surface area contributed by atoms with E-state index < -0.39 is 0 Å². The Hall–Kier alpha value is -6.29. The highest BCUT2D eigenvalue weighted by atomic mass is 32.1. The van der Waals surface area contributed by atoms with Gasteiger partial charge in [0.1, 0.15) is 0 Å². The number of benzene rings is 7. The predicted octanol–water partition coefficient (Wildman–Crippen LogP) is 13.2. The number of hydrogen-bond donors (Lipinski definition) is 0. The zero-order valence-corrected chi connectivity index (χ0v) is 27.9. The van der Waals surface area contributed by atoms with Crippen LogP contribution in [-0.2, 0) is 0 Å². The second-order valence-electron chi connectivity index (χ2n) is 12.8. The number of aromatic nitrogens is 2. The van der Waals surface area contributed by atoms with Gasteiger partial charge in [-0.1, -0.05) is 127 Å². The van der Waals surface area contributed by atoms with Crippen LogP contribution < -0.4 is 0 Å². The van der Waals surface area contributed by atoms with Crippen molar-refractivity contribution >= 4 is 53.3 Å². The quantitative estimate of drug-likeness (QED) is 0.181. The van der Waals surface area contributed by atoms with Crippen LogP contribution in [-0.4, -0.2) is 9.55 Å². The van der Waals surface area contributed by atoms with Gasteiger partial charge in [0.15, 0.2) is 0 Å². The molecule has 50 heavy (non-hydrogen) atoms. The molecule has 0 amide bonds. The first-order valence-electron chi connectivity index (χ1n) is 17.0. The van der Waals surface area contributed by atoms with E-state index in [-0.39, 0.29) is 0 Å². The largest absolute Gasteiger partial charge is 0.309 e. The van der Waals surface area contributed by atoms with Gasteiger partial charge in [-0.2, -0.15) is 0 Å². The highest BCUT2D eigenvalue weighted by molar-refractivity contribution is 7.25. The van der Waals surface area contributed by atoms with Crippen LogP contribution in [0.15, 0.2) is 182 Å². The minimum Gasteiger partial charge on any atom is -0.309 e. The van der Waals surface area contributed by atoms with E-state index in [9.17, 15) is 0 Å². The Balaban J connectivity index is 1.22. The van der Waals surface area contributed by atoms with Crippen molar-refractivity contribution in [1.82, 2.24) is 9.55 Å². The Bertz CT molecular complexity index is 2850. The molecule has 3 heteroatoms. The maximum atomic E-state index is 5.16. The summed E-state index contributed by atoms with van der Waals surface area (Å²) < 4.78 is 5.07. The molecule has 10 rings (SSSR count). The first kappa shape index (κ1) is 28.7. The molecule has 0 aliphatic carbocycles.